The second-order valence-electron chi connectivity index (χ2n) is 4.48. The van der Waals surface area contributed by atoms with E-state index in [1.807, 2.05) is 0 Å². The Kier molecular flexibility index (Phi) is 6.23. The first-order valence-corrected chi connectivity index (χ1v) is 7.03. The molecule has 1 aromatic carbocycles. The minimum absolute atomic E-state index is 0.00572. The van der Waals surface area contributed by atoms with Crippen LogP contribution < -0.4 is 0 Å². The zero-order valence-corrected chi connectivity index (χ0v) is 12.9. The Hall–Kier alpha value is -1.33. The fraction of sp³-hybridized carbons (Fsp3) is 0.462. The summed E-state index contributed by atoms with van der Waals surface area (Å²) in [5, 5.41) is 10.7. The van der Waals surface area contributed by atoms with E-state index >= 15 is 0 Å². The summed E-state index contributed by atoms with van der Waals surface area (Å²) in [6.07, 6.45) is 2.97. The van der Waals surface area contributed by atoms with Gasteiger partial charge in [0.1, 0.15) is 5.02 Å². The second kappa shape index (κ2) is 7.45. The summed E-state index contributed by atoms with van der Waals surface area (Å²) in [5.74, 6) is -0.303. The van der Waals surface area contributed by atoms with Gasteiger partial charge in [-0.3, -0.25) is 14.9 Å². The average molecular weight is 319 g/mol. The van der Waals surface area contributed by atoms with E-state index in [-0.39, 0.29) is 27.2 Å². The Bertz CT molecular complexity index is 521. The lowest BCUT2D eigenvalue weighted by atomic mass is 10.1. The standard InChI is InChI=1S/C13H16Cl2N2O3/c1-3-4-5-6-16(2)13(18)9-7-10(14)12(15)11(8-9)17(19)20/h7-8H,3-6H2,1-2H3. The number of nitro groups is 1. The van der Waals surface area contributed by atoms with E-state index in [4.69, 9.17) is 23.2 Å². The molecule has 0 saturated carbocycles. The lowest BCUT2D eigenvalue weighted by Crippen LogP contribution is -2.27. The Balaban J connectivity index is 2.96. The van der Waals surface area contributed by atoms with Gasteiger partial charge in [0.05, 0.1) is 9.95 Å². The van der Waals surface area contributed by atoms with Gasteiger partial charge in [-0.15, -0.1) is 0 Å². The van der Waals surface area contributed by atoms with Crippen LogP contribution in [-0.2, 0) is 0 Å². The molecular weight excluding hydrogens is 303 g/mol. The number of benzene rings is 1. The predicted octanol–water partition coefficient (Wildman–Crippen LogP) is 4.16. The molecule has 0 aliphatic carbocycles. The third-order valence-corrected chi connectivity index (χ3v) is 3.69. The average Bonchev–Trinajstić information content (AvgIpc) is 2.40. The van der Waals surface area contributed by atoms with Crippen LogP contribution in [0.4, 0.5) is 5.69 Å². The quantitative estimate of drug-likeness (QED) is 0.449. The van der Waals surface area contributed by atoms with Gasteiger partial charge in [-0.1, -0.05) is 43.0 Å². The smallest absolute Gasteiger partial charge is 0.290 e. The van der Waals surface area contributed by atoms with Crippen LogP contribution >= 0.6 is 23.2 Å². The normalized spacial score (nSPS) is 10.4. The van der Waals surface area contributed by atoms with Crippen molar-refractivity contribution in [2.24, 2.45) is 0 Å². The van der Waals surface area contributed by atoms with Crippen molar-refractivity contribution in [1.29, 1.82) is 0 Å². The molecule has 0 aromatic heterocycles. The molecule has 0 N–H and O–H groups in total. The molecule has 0 spiro atoms. The SMILES string of the molecule is CCCCCN(C)C(=O)c1cc(Cl)c(Cl)c([N+](=O)[O-])c1. The lowest BCUT2D eigenvalue weighted by Gasteiger charge is -2.17. The second-order valence-corrected chi connectivity index (χ2v) is 5.27. The molecule has 0 heterocycles. The number of hydrogen-bond acceptors (Lipinski definition) is 3. The molecule has 0 unspecified atom stereocenters. The fourth-order valence-electron chi connectivity index (χ4n) is 1.75. The molecule has 5 nitrogen and oxygen atoms in total. The van der Waals surface area contributed by atoms with Crippen LogP contribution in [0.5, 0.6) is 0 Å². The highest BCUT2D eigenvalue weighted by Crippen LogP contribution is 2.33. The molecule has 0 aliphatic rings. The first kappa shape index (κ1) is 16.7. The summed E-state index contributed by atoms with van der Waals surface area (Å²) in [4.78, 5) is 23.9. The number of amides is 1. The highest BCUT2D eigenvalue weighted by atomic mass is 35.5. The number of rotatable bonds is 6. The van der Waals surface area contributed by atoms with Gasteiger partial charge in [0.2, 0.25) is 0 Å². The molecule has 20 heavy (non-hydrogen) atoms. The molecule has 0 bridgehead atoms. The van der Waals surface area contributed by atoms with Gasteiger partial charge in [0.25, 0.3) is 11.6 Å². The topological polar surface area (TPSA) is 63.5 Å². The minimum Gasteiger partial charge on any atom is -0.342 e. The third-order valence-electron chi connectivity index (χ3n) is 2.90. The zero-order valence-electron chi connectivity index (χ0n) is 11.4. The minimum atomic E-state index is -0.651. The highest BCUT2D eigenvalue weighted by molar-refractivity contribution is 6.43. The van der Waals surface area contributed by atoms with Crippen molar-refractivity contribution in [2.75, 3.05) is 13.6 Å². The summed E-state index contributed by atoms with van der Waals surface area (Å²) >= 11 is 11.6. The first-order chi connectivity index (χ1) is 9.38. The van der Waals surface area contributed by atoms with Crippen molar-refractivity contribution < 1.29 is 9.72 Å². The van der Waals surface area contributed by atoms with Crippen LogP contribution in [0.3, 0.4) is 0 Å². The molecule has 110 valence electrons. The van der Waals surface area contributed by atoms with Gasteiger partial charge < -0.3 is 4.90 Å². The maximum atomic E-state index is 12.2. The molecule has 0 aliphatic heterocycles. The predicted molar refractivity (Wildman–Crippen MR) is 79.6 cm³/mol. The summed E-state index contributed by atoms with van der Waals surface area (Å²) in [5.41, 5.74) is -0.186. The summed E-state index contributed by atoms with van der Waals surface area (Å²) in [6.45, 7) is 2.67. The maximum Gasteiger partial charge on any atom is 0.290 e. The van der Waals surface area contributed by atoms with Crippen LogP contribution in [0.15, 0.2) is 12.1 Å². The number of nitro benzene ring substituents is 1. The van der Waals surface area contributed by atoms with Crippen LogP contribution in [0.2, 0.25) is 10.0 Å². The maximum absolute atomic E-state index is 12.2. The largest absolute Gasteiger partial charge is 0.342 e. The Morgan fingerprint density at radius 3 is 2.55 bits per heavy atom. The Morgan fingerprint density at radius 2 is 2.00 bits per heavy atom. The van der Waals surface area contributed by atoms with Crippen molar-refractivity contribution in [2.45, 2.75) is 26.2 Å². The van der Waals surface area contributed by atoms with Crippen molar-refractivity contribution in [3.8, 4) is 0 Å². The molecule has 7 heteroatoms. The summed E-state index contributed by atoms with van der Waals surface area (Å²) in [6, 6.07) is 2.52. The molecule has 1 rings (SSSR count). The number of carbonyl (C=O) groups is 1. The van der Waals surface area contributed by atoms with E-state index < -0.39 is 4.92 Å². The monoisotopic (exact) mass is 318 g/mol. The van der Waals surface area contributed by atoms with Crippen molar-refractivity contribution in [3.63, 3.8) is 0 Å². The number of nitrogens with zero attached hydrogens (tertiary/aromatic N) is 2. The van der Waals surface area contributed by atoms with E-state index in [1.54, 1.807) is 7.05 Å². The third kappa shape index (κ3) is 4.08. The van der Waals surface area contributed by atoms with Crippen LogP contribution in [0, 0.1) is 10.1 Å². The van der Waals surface area contributed by atoms with Gasteiger partial charge in [-0.05, 0) is 12.5 Å². The molecule has 1 aromatic rings. The van der Waals surface area contributed by atoms with Gasteiger partial charge in [0.15, 0.2) is 0 Å². The van der Waals surface area contributed by atoms with Crippen molar-refractivity contribution in [3.05, 3.63) is 37.9 Å². The molecule has 0 saturated heterocycles. The molecule has 0 atom stereocenters. The van der Waals surface area contributed by atoms with Crippen molar-refractivity contribution >= 4 is 34.8 Å². The number of hydrogen-bond donors (Lipinski definition) is 0. The van der Waals surface area contributed by atoms with E-state index in [2.05, 4.69) is 6.92 Å². The molecular formula is C13H16Cl2N2O3. The summed E-state index contributed by atoms with van der Waals surface area (Å²) in [7, 11) is 1.66. The lowest BCUT2D eigenvalue weighted by molar-refractivity contribution is -0.384. The molecule has 1 amide bonds. The van der Waals surface area contributed by atoms with E-state index in [1.165, 1.54) is 11.0 Å². The van der Waals surface area contributed by atoms with E-state index in [0.717, 1.165) is 25.3 Å². The highest BCUT2D eigenvalue weighted by Gasteiger charge is 2.21. The number of halogens is 2. The van der Waals surface area contributed by atoms with Crippen molar-refractivity contribution in [1.82, 2.24) is 4.90 Å². The van der Waals surface area contributed by atoms with E-state index in [0.29, 0.717) is 6.54 Å². The van der Waals surface area contributed by atoms with Gasteiger partial charge in [-0.25, -0.2) is 0 Å². The fourth-order valence-corrected chi connectivity index (χ4v) is 2.14. The van der Waals surface area contributed by atoms with Crippen LogP contribution in [0.1, 0.15) is 36.5 Å². The zero-order chi connectivity index (χ0) is 15.3. The van der Waals surface area contributed by atoms with Crippen LogP contribution in [0.25, 0.3) is 0 Å². The Morgan fingerprint density at radius 1 is 1.35 bits per heavy atom. The van der Waals surface area contributed by atoms with E-state index in [9.17, 15) is 14.9 Å². The number of carbonyl (C=O) groups excluding carboxylic acids is 1. The number of unbranched alkanes of at least 4 members (excludes halogenated alkanes) is 2. The van der Waals surface area contributed by atoms with Crippen LogP contribution in [-0.4, -0.2) is 29.3 Å². The van der Waals surface area contributed by atoms with Gasteiger partial charge >= 0.3 is 0 Å². The molecule has 0 radical (unpaired) electrons. The summed E-state index contributed by atoms with van der Waals surface area (Å²) < 4.78 is 0. The molecule has 0 fully saturated rings. The van der Waals surface area contributed by atoms with Gasteiger partial charge in [0, 0.05) is 25.2 Å². The van der Waals surface area contributed by atoms with Gasteiger partial charge in [-0.2, -0.15) is 0 Å². The first-order valence-electron chi connectivity index (χ1n) is 6.27. The Labute approximate surface area is 127 Å².